The Bertz CT molecular complexity index is 894. The smallest absolute Gasteiger partial charge is 0.338 e. The van der Waals surface area contributed by atoms with E-state index in [-0.39, 0.29) is 22.3 Å². The summed E-state index contributed by atoms with van der Waals surface area (Å²) in [7, 11) is 0. The molecule has 1 amide bonds. The standard InChI is InChI=1S/C18H16ClNO6S/c1-10(21)20-8-12-2-3-16(27-12)14(22)9-26-18(23)11-6-13(19)17-15(7-11)24-4-5-25-17/h2-3,6-7H,4-5,8-9H2,1H3,(H,20,21). The highest BCUT2D eigenvalue weighted by molar-refractivity contribution is 7.14. The van der Waals surface area contributed by atoms with Gasteiger partial charge in [-0.15, -0.1) is 11.3 Å². The summed E-state index contributed by atoms with van der Waals surface area (Å²) in [6, 6.07) is 6.28. The van der Waals surface area contributed by atoms with Crippen molar-refractivity contribution in [3.8, 4) is 11.5 Å². The van der Waals surface area contributed by atoms with Crippen molar-refractivity contribution in [3.63, 3.8) is 0 Å². The lowest BCUT2D eigenvalue weighted by molar-refractivity contribution is -0.119. The highest BCUT2D eigenvalue weighted by Crippen LogP contribution is 2.38. The topological polar surface area (TPSA) is 90.9 Å². The molecule has 0 fully saturated rings. The molecule has 7 nitrogen and oxygen atoms in total. The Hall–Kier alpha value is -2.58. The third-order valence-corrected chi connectivity index (χ3v) is 5.02. The molecule has 1 aliphatic rings. The summed E-state index contributed by atoms with van der Waals surface area (Å²) >= 11 is 7.34. The maximum atomic E-state index is 12.2. The first-order valence-corrected chi connectivity index (χ1v) is 9.26. The molecule has 0 aliphatic carbocycles. The van der Waals surface area contributed by atoms with Crippen molar-refractivity contribution in [3.05, 3.63) is 44.6 Å². The predicted octanol–water partition coefficient (Wildman–Crippen LogP) is 2.85. The van der Waals surface area contributed by atoms with Crippen molar-refractivity contribution in [1.82, 2.24) is 5.32 Å². The molecule has 2 heterocycles. The Balaban J connectivity index is 1.60. The van der Waals surface area contributed by atoms with Gasteiger partial charge in [0, 0.05) is 11.8 Å². The Kier molecular flexibility index (Phi) is 5.98. The number of rotatable bonds is 6. The molecule has 2 aromatic rings. The van der Waals surface area contributed by atoms with E-state index in [1.165, 1.54) is 30.4 Å². The summed E-state index contributed by atoms with van der Waals surface area (Å²) in [6.07, 6.45) is 0. The van der Waals surface area contributed by atoms with Crippen molar-refractivity contribution in [2.45, 2.75) is 13.5 Å². The van der Waals surface area contributed by atoms with E-state index in [9.17, 15) is 14.4 Å². The molecule has 0 spiro atoms. The molecule has 0 atom stereocenters. The summed E-state index contributed by atoms with van der Waals surface area (Å²) in [5.41, 5.74) is 0.176. The number of fused-ring (bicyclic) bond motifs is 1. The van der Waals surface area contributed by atoms with Crippen LogP contribution in [-0.4, -0.2) is 37.5 Å². The number of ketones is 1. The van der Waals surface area contributed by atoms with Crippen molar-refractivity contribution in [1.29, 1.82) is 0 Å². The van der Waals surface area contributed by atoms with Crippen molar-refractivity contribution in [2.75, 3.05) is 19.8 Å². The molecule has 1 aromatic carbocycles. The molecule has 0 saturated carbocycles. The predicted molar refractivity (Wildman–Crippen MR) is 98.9 cm³/mol. The molecule has 27 heavy (non-hydrogen) atoms. The van der Waals surface area contributed by atoms with E-state index < -0.39 is 12.6 Å². The van der Waals surface area contributed by atoms with Crippen LogP contribution in [0.5, 0.6) is 11.5 Å². The van der Waals surface area contributed by atoms with Gasteiger partial charge in [0.25, 0.3) is 0 Å². The third-order valence-electron chi connectivity index (χ3n) is 3.61. The minimum absolute atomic E-state index is 0.150. The van der Waals surface area contributed by atoms with Crippen molar-refractivity contribution >= 4 is 40.6 Å². The first-order valence-electron chi connectivity index (χ1n) is 8.06. The van der Waals surface area contributed by atoms with Gasteiger partial charge < -0.3 is 19.5 Å². The number of benzene rings is 1. The van der Waals surface area contributed by atoms with E-state index in [0.29, 0.717) is 36.1 Å². The van der Waals surface area contributed by atoms with Gasteiger partial charge in [0.1, 0.15) is 13.2 Å². The maximum Gasteiger partial charge on any atom is 0.338 e. The Morgan fingerprint density at radius 2 is 2.00 bits per heavy atom. The largest absolute Gasteiger partial charge is 0.486 e. The quantitative estimate of drug-likeness (QED) is 0.582. The number of esters is 1. The number of carbonyl (C=O) groups is 3. The van der Waals surface area contributed by atoms with Crippen LogP contribution in [0.1, 0.15) is 31.8 Å². The molecule has 0 radical (unpaired) electrons. The summed E-state index contributed by atoms with van der Waals surface area (Å²) in [4.78, 5) is 36.6. The number of hydrogen-bond acceptors (Lipinski definition) is 7. The Morgan fingerprint density at radius 3 is 2.78 bits per heavy atom. The van der Waals surface area contributed by atoms with Gasteiger partial charge in [-0.3, -0.25) is 9.59 Å². The van der Waals surface area contributed by atoms with Crippen LogP contribution in [-0.2, 0) is 16.1 Å². The van der Waals surface area contributed by atoms with Gasteiger partial charge in [0.2, 0.25) is 11.7 Å². The SMILES string of the molecule is CC(=O)NCc1ccc(C(=O)COC(=O)c2cc(Cl)c3c(c2)OCCO3)s1. The monoisotopic (exact) mass is 409 g/mol. The minimum Gasteiger partial charge on any atom is -0.486 e. The number of carbonyl (C=O) groups excluding carboxylic acids is 3. The molecule has 1 aliphatic heterocycles. The van der Waals surface area contributed by atoms with Crippen LogP contribution in [0.15, 0.2) is 24.3 Å². The number of thiophene rings is 1. The molecular formula is C18H16ClNO6S. The second-order valence-corrected chi connectivity index (χ2v) is 7.23. The summed E-state index contributed by atoms with van der Waals surface area (Å²) in [5.74, 6) is -0.402. The fourth-order valence-electron chi connectivity index (χ4n) is 2.35. The average Bonchev–Trinajstić information content (AvgIpc) is 3.13. The normalized spacial score (nSPS) is 12.4. The Labute approximate surface area is 164 Å². The second kappa shape index (κ2) is 8.41. The van der Waals surface area contributed by atoms with Crippen molar-refractivity contribution < 1.29 is 28.6 Å². The van der Waals surface area contributed by atoms with E-state index in [2.05, 4.69) is 5.32 Å². The molecule has 0 saturated heterocycles. The fourth-order valence-corrected chi connectivity index (χ4v) is 3.49. The van der Waals surface area contributed by atoms with E-state index in [1.54, 1.807) is 12.1 Å². The van der Waals surface area contributed by atoms with Gasteiger partial charge in [-0.05, 0) is 24.3 Å². The van der Waals surface area contributed by atoms with Gasteiger partial charge in [-0.2, -0.15) is 0 Å². The van der Waals surface area contributed by atoms with Crippen LogP contribution in [0.25, 0.3) is 0 Å². The highest BCUT2D eigenvalue weighted by atomic mass is 35.5. The zero-order chi connectivity index (χ0) is 19.4. The average molecular weight is 410 g/mol. The van der Waals surface area contributed by atoms with E-state index in [4.69, 9.17) is 25.8 Å². The Morgan fingerprint density at radius 1 is 1.22 bits per heavy atom. The highest BCUT2D eigenvalue weighted by Gasteiger charge is 2.21. The molecule has 142 valence electrons. The zero-order valence-electron chi connectivity index (χ0n) is 14.4. The lowest BCUT2D eigenvalue weighted by Gasteiger charge is -2.19. The molecule has 0 bridgehead atoms. The molecular weight excluding hydrogens is 394 g/mol. The molecule has 9 heteroatoms. The fraction of sp³-hybridized carbons (Fsp3) is 0.278. The van der Waals surface area contributed by atoms with Gasteiger partial charge in [0.15, 0.2) is 18.1 Å². The number of ether oxygens (including phenoxy) is 3. The maximum absolute atomic E-state index is 12.2. The van der Waals surface area contributed by atoms with Crippen LogP contribution in [0.3, 0.4) is 0 Å². The number of amides is 1. The second-order valence-electron chi connectivity index (χ2n) is 5.66. The summed E-state index contributed by atoms with van der Waals surface area (Å²) < 4.78 is 15.9. The van der Waals surface area contributed by atoms with Crippen LogP contribution >= 0.6 is 22.9 Å². The van der Waals surface area contributed by atoms with Gasteiger partial charge in [-0.1, -0.05) is 11.6 Å². The van der Waals surface area contributed by atoms with Gasteiger partial charge >= 0.3 is 5.97 Å². The van der Waals surface area contributed by atoms with Crippen LogP contribution < -0.4 is 14.8 Å². The summed E-state index contributed by atoms with van der Waals surface area (Å²) in [6.45, 7) is 2.12. The minimum atomic E-state index is -0.683. The van der Waals surface area contributed by atoms with Crippen molar-refractivity contribution in [2.24, 2.45) is 0 Å². The number of nitrogens with one attached hydrogen (secondary N) is 1. The number of Topliss-reactive ketones (excluding diaryl/α,β-unsaturated/α-hetero) is 1. The van der Waals surface area contributed by atoms with Gasteiger partial charge in [0.05, 0.1) is 22.0 Å². The van der Waals surface area contributed by atoms with Crippen LogP contribution in [0, 0.1) is 0 Å². The lowest BCUT2D eigenvalue weighted by atomic mass is 10.2. The van der Waals surface area contributed by atoms with Crippen LogP contribution in [0.2, 0.25) is 5.02 Å². The summed E-state index contributed by atoms with van der Waals surface area (Å²) in [5, 5.41) is 2.90. The molecule has 0 unspecified atom stereocenters. The third kappa shape index (κ3) is 4.78. The molecule has 1 N–H and O–H groups in total. The number of halogens is 1. The lowest BCUT2D eigenvalue weighted by Crippen LogP contribution is -2.18. The van der Waals surface area contributed by atoms with Gasteiger partial charge in [-0.25, -0.2) is 4.79 Å². The van der Waals surface area contributed by atoms with E-state index >= 15 is 0 Å². The van der Waals surface area contributed by atoms with E-state index in [1.807, 2.05) is 0 Å². The molecule has 1 aromatic heterocycles. The first kappa shape index (κ1) is 19.2. The van der Waals surface area contributed by atoms with E-state index in [0.717, 1.165) is 4.88 Å². The first-order chi connectivity index (χ1) is 12.9. The van der Waals surface area contributed by atoms with Crippen LogP contribution in [0.4, 0.5) is 0 Å². The molecule has 3 rings (SSSR count). The zero-order valence-corrected chi connectivity index (χ0v) is 15.9. The number of hydrogen-bond donors (Lipinski definition) is 1.